The number of guanidine groups is 3. The van der Waals surface area contributed by atoms with Gasteiger partial charge in [0.2, 0.25) is 17.7 Å². The first-order valence-corrected chi connectivity index (χ1v) is 12.9. The number of carboxylic acid groups (broad SMARTS) is 2. The third-order valence-corrected chi connectivity index (χ3v) is 5.45. The van der Waals surface area contributed by atoms with Gasteiger partial charge in [-0.25, -0.2) is 4.79 Å². The second-order valence-electron chi connectivity index (χ2n) is 9.07. The second kappa shape index (κ2) is 20.1. The minimum absolute atomic E-state index is 0.0359. The summed E-state index contributed by atoms with van der Waals surface area (Å²) in [5.74, 6) is -5.97. The van der Waals surface area contributed by atoms with E-state index in [0.717, 1.165) is 0 Å². The van der Waals surface area contributed by atoms with Gasteiger partial charge < -0.3 is 66.3 Å². The zero-order valence-electron chi connectivity index (χ0n) is 23.2. The Morgan fingerprint density at radius 1 is 0.571 bits per heavy atom. The van der Waals surface area contributed by atoms with Gasteiger partial charge >= 0.3 is 11.9 Å². The van der Waals surface area contributed by atoms with Crippen molar-refractivity contribution in [3.05, 3.63) is 0 Å². The van der Waals surface area contributed by atoms with Crippen LogP contribution in [0.25, 0.3) is 0 Å². The highest BCUT2D eigenvalue weighted by molar-refractivity contribution is 5.94. The summed E-state index contributed by atoms with van der Waals surface area (Å²) in [6, 6.07) is -5.32. The lowest BCUT2D eigenvalue weighted by Crippen LogP contribution is -2.57. The van der Waals surface area contributed by atoms with E-state index in [1.807, 2.05) is 0 Å². The van der Waals surface area contributed by atoms with Crippen molar-refractivity contribution in [3.8, 4) is 0 Å². The van der Waals surface area contributed by atoms with Gasteiger partial charge in [0.25, 0.3) is 0 Å². The largest absolute Gasteiger partial charge is 0.481 e. The van der Waals surface area contributed by atoms with Gasteiger partial charge in [-0.1, -0.05) is 0 Å². The van der Waals surface area contributed by atoms with Crippen molar-refractivity contribution in [2.75, 3.05) is 19.6 Å². The van der Waals surface area contributed by atoms with E-state index >= 15 is 0 Å². The van der Waals surface area contributed by atoms with Crippen molar-refractivity contribution in [2.24, 2.45) is 55.1 Å². The maximum atomic E-state index is 13.3. The number of aliphatic carboxylic acids is 2. The van der Waals surface area contributed by atoms with Crippen LogP contribution in [0.1, 0.15) is 44.9 Å². The van der Waals surface area contributed by atoms with Crippen LogP contribution in [0.3, 0.4) is 0 Å². The lowest BCUT2D eigenvalue weighted by Gasteiger charge is -2.25. The van der Waals surface area contributed by atoms with Gasteiger partial charge in [-0.2, -0.15) is 0 Å². The Morgan fingerprint density at radius 3 is 1.29 bits per heavy atom. The molecule has 0 spiro atoms. The van der Waals surface area contributed by atoms with Crippen molar-refractivity contribution in [1.29, 1.82) is 0 Å². The summed E-state index contributed by atoms with van der Waals surface area (Å²) in [5.41, 5.74) is 37.7. The number of carbonyl (C=O) groups excluding carboxylic acids is 3. The number of hydrogen-bond donors (Lipinski definition) is 12. The van der Waals surface area contributed by atoms with E-state index in [4.69, 9.17) is 45.2 Å². The number of hydrogen-bond acceptors (Lipinski definition) is 9. The van der Waals surface area contributed by atoms with Crippen molar-refractivity contribution < 1.29 is 34.2 Å². The van der Waals surface area contributed by atoms with Gasteiger partial charge in [0.15, 0.2) is 17.9 Å². The van der Waals surface area contributed by atoms with Crippen LogP contribution in [0.15, 0.2) is 15.0 Å². The Bertz CT molecular complexity index is 1010. The van der Waals surface area contributed by atoms with Crippen LogP contribution >= 0.6 is 0 Å². The van der Waals surface area contributed by atoms with Crippen molar-refractivity contribution in [2.45, 2.75) is 69.1 Å². The smallest absolute Gasteiger partial charge is 0.326 e. The molecule has 4 unspecified atom stereocenters. The number of nitrogens with one attached hydrogen (secondary N) is 3. The average Bonchev–Trinajstić information content (AvgIpc) is 2.88. The highest BCUT2D eigenvalue weighted by Gasteiger charge is 2.30. The molecule has 0 aromatic heterocycles. The maximum Gasteiger partial charge on any atom is 0.326 e. The minimum atomic E-state index is -1.76. The Balaban J connectivity index is 5.76. The molecule has 3 amide bonds. The molecular formula is C22H43N13O7. The standard InChI is InChI=1S/C22H43N13O7/c23-11(4-1-7-30-20(24)25)16(38)33-12(5-2-8-31-21(26)27)17(39)34-13(6-3-9-32-22(28)29)18(40)35-14(19(41)42)10-15(36)37/h11-14H,1-10,23H2,(H,33,38)(H,34,39)(H,35,40)(H,36,37)(H,41,42)(H4,24,25,30)(H4,26,27,31)(H4,28,29,32). The second-order valence-corrected chi connectivity index (χ2v) is 9.07. The molecule has 0 aliphatic rings. The Kier molecular flexibility index (Phi) is 17.7. The zero-order chi connectivity index (χ0) is 32.2. The zero-order valence-corrected chi connectivity index (χ0v) is 23.2. The summed E-state index contributed by atoms with van der Waals surface area (Å²) in [7, 11) is 0. The van der Waals surface area contributed by atoms with Crippen LogP contribution in [0.4, 0.5) is 0 Å². The lowest BCUT2D eigenvalue weighted by molar-refractivity contribution is -0.147. The Labute approximate surface area is 242 Å². The number of nitrogens with zero attached hydrogens (tertiary/aromatic N) is 3. The summed E-state index contributed by atoms with van der Waals surface area (Å²) in [5, 5.41) is 25.4. The number of carbonyl (C=O) groups is 5. The van der Waals surface area contributed by atoms with Crippen LogP contribution < -0.4 is 56.1 Å². The van der Waals surface area contributed by atoms with E-state index in [1.165, 1.54) is 0 Å². The molecule has 19 N–H and O–H groups in total. The van der Waals surface area contributed by atoms with Gasteiger partial charge in [-0.05, 0) is 38.5 Å². The van der Waals surface area contributed by atoms with Gasteiger partial charge in [0.05, 0.1) is 12.5 Å². The first-order valence-electron chi connectivity index (χ1n) is 12.9. The average molecular weight is 602 g/mol. The molecule has 20 heteroatoms. The van der Waals surface area contributed by atoms with Gasteiger partial charge in [-0.3, -0.25) is 34.2 Å². The molecule has 0 aromatic rings. The van der Waals surface area contributed by atoms with Crippen molar-refractivity contribution in [3.63, 3.8) is 0 Å². The highest BCUT2D eigenvalue weighted by atomic mass is 16.4. The van der Waals surface area contributed by atoms with E-state index < -0.39 is 60.2 Å². The quantitative estimate of drug-likeness (QED) is 0.0331. The molecule has 0 saturated heterocycles. The van der Waals surface area contributed by atoms with Crippen LogP contribution in [0.2, 0.25) is 0 Å². The topological polar surface area (TPSA) is 381 Å². The van der Waals surface area contributed by atoms with Gasteiger partial charge in [0, 0.05) is 19.6 Å². The fourth-order valence-corrected chi connectivity index (χ4v) is 3.39. The monoisotopic (exact) mass is 601 g/mol. The summed E-state index contributed by atoms with van der Waals surface area (Å²) in [6.07, 6.45) is 0.0707. The molecule has 20 nitrogen and oxygen atoms in total. The van der Waals surface area contributed by atoms with Crippen LogP contribution in [0, 0.1) is 0 Å². The molecule has 42 heavy (non-hydrogen) atoms. The molecule has 0 aromatic carbocycles. The predicted octanol–water partition coefficient (Wildman–Crippen LogP) is -5.51. The summed E-state index contributed by atoms with van der Waals surface area (Å²) < 4.78 is 0. The normalized spacial score (nSPS) is 13.3. The lowest BCUT2D eigenvalue weighted by atomic mass is 10.1. The molecular weight excluding hydrogens is 558 g/mol. The van der Waals surface area contributed by atoms with Crippen molar-refractivity contribution >= 4 is 47.5 Å². The Hall–Kier alpha value is -4.88. The molecule has 0 radical (unpaired) electrons. The molecule has 0 aliphatic carbocycles. The predicted molar refractivity (Wildman–Crippen MR) is 153 cm³/mol. The third-order valence-electron chi connectivity index (χ3n) is 5.45. The molecule has 0 aliphatic heterocycles. The molecule has 4 atom stereocenters. The number of nitrogens with two attached hydrogens (primary N) is 7. The summed E-state index contributed by atoms with van der Waals surface area (Å²) >= 11 is 0. The van der Waals surface area contributed by atoms with Crippen molar-refractivity contribution in [1.82, 2.24) is 16.0 Å². The fraction of sp³-hybridized carbons (Fsp3) is 0.636. The first-order chi connectivity index (χ1) is 19.6. The van der Waals surface area contributed by atoms with E-state index in [1.54, 1.807) is 0 Å². The molecule has 0 saturated carbocycles. The van der Waals surface area contributed by atoms with Crippen LogP contribution in [-0.2, 0) is 24.0 Å². The van der Waals surface area contributed by atoms with Gasteiger partial charge in [-0.15, -0.1) is 0 Å². The van der Waals surface area contributed by atoms with E-state index in [-0.39, 0.29) is 69.6 Å². The van der Waals surface area contributed by atoms with Crippen LogP contribution in [-0.4, -0.2) is 102 Å². The molecule has 0 heterocycles. The maximum absolute atomic E-state index is 13.3. The minimum Gasteiger partial charge on any atom is -0.481 e. The first kappa shape index (κ1) is 37.1. The fourth-order valence-electron chi connectivity index (χ4n) is 3.39. The SMILES string of the molecule is NC(N)=NCCCC(N)C(=O)NC(CCCN=C(N)N)C(=O)NC(CCCN=C(N)N)C(=O)NC(CC(=O)O)C(=O)O. The number of rotatable bonds is 21. The molecule has 0 fully saturated rings. The van der Waals surface area contributed by atoms with Gasteiger partial charge in [0.1, 0.15) is 18.1 Å². The number of carboxylic acids is 2. The summed E-state index contributed by atoms with van der Waals surface area (Å²) in [4.78, 5) is 72.8. The van der Waals surface area contributed by atoms with Crippen LogP contribution in [0.5, 0.6) is 0 Å². The highest BCUT2D eigenvalue weighted by Crippen LogP contribution is 2.06. The Morgan fingerprint density at radius 2 is 0.929 bits per heavy atom. The van der Waals surface area contributed by atoms with E-state index in [2.05, 4.69) is 30.9 Å². The number of amides is 3. The summed E-state index contributed by atoms with van der Waals surface area (Å²) in [6.45, 7) is 0.443. The molecule has 0 rings (SSSR count). The number of aliphatic imine (C=N–C) groups is 3. The van der Waals surface area contributed by atoms with E-state index in [0.29, 0.717) is 6.42 Å². The third kappa shape index (κ3) is 17.7. The van der Waals surface area contributed by atoms with E-state index in [9.17, 15) is 29.1 Å². The molecule has 0 bridgehead atoms. The molecule has 238 valence electrons.